The molecule has 276 valence electrons. The number of carbonyl (C=O) groups excluding carboxylic acids is 3. The molecule has 0 aromatic heterocycles. The highest BCUT2D eigenvalue weighted by molar-refractivity contribution is 5.82. The van der Waals surface area contributed by atoms with E-state index in [1.165, 1.54) is 17.0 Å². The number of hydrogen-bond acceptors (Lipinski definition) is 7. The van der Waals surface area contributed by atoms with Crippen molar-refractivity contribution in [1.29, 1.82) is 0 Å². The summed E-state index contributed by atoms with van der Waals surface area (Å²) in [6, 6.07) is 29.4. The Labute approximate surface area is 304 Å². The third-order valence-corrected chi connectivity index (χ3v) is 7.88. The van der Waals surface area contributed by atoms with Crippen molar-refractivity contribution in [3.8, 4) is 5.75 Å². The maximum Gasteiger partial charge on any atom is 0.410 e. The summed E-state index contributed by atoms with van der Waals surface area (Å²) in [5.74, 6) is -0.918. The second kappa shape index (κ2) is 19.3. The highest BCUT2D eigenvalue weighted by Crippen LogP contribution is 2.21. The van der Waals surface area contributed by atoms with Crippen LogP contribution in [0.15, 0.2) is 103 Å². The number of hydrogen-bond donors (Lipinski definition) is 3. The number of aliphatic hydroxyl groups excluding tert-OH is 1. The largest absolute Gasteiger partial charge is 0.489 e. The fourth-order valence-electron chi connectivity index (χ4n) is 5.34. The lowest BCUT2D eigenvalue weighted by Crippen LogP contribution is -2.52. The highest BCUT2D eigenvalue weighted by Gasteiger charge is 2.29. The molecule has 3 N–H and O–H groups in total. The zero-order valence-corrected chi connectivity index (χ0v) is 30.1. The van der Waals surface area contributed by atoms with Gasteiger partial charge in [0.15, 0.2) is 0 Å². The minimum absolute atomic E-state index is 0.0194. The maximum atomic E-state index is 14.9. The minimum atomic E-state index is -1.34. The van der Waals surface area contributed by atoms with Gasteiger partial charge in [0.1, 0.15) is 36.9 Å². The molecule has 0 saturated heterocycles. The van der Waals surface area contributed by atoms with E-state index in [-0.39, 0.29) is 38.5 Å². The standard InChI is InChI=1S/C41H48FN3O7/c1-5-29-17-12-18-32(19-29)25-45(40(49)52-41(2,3)4)26-37(46)36(44-38(47)24-43-39(48)51-28-31-15-10-7-11-16-31)22-33-20-34(42)23-35(21-33)50-27-30-13-8-6-9-14-30/h6-21,23,36-37,46H,5,22,24-28H2,1-4H3,(H,43,48)(H,44,47). The molecule has 0 bridgehead atoms. The Morgan fingerprint density at radius 3 is 2.10 bits per heavy atom. The quantitative estimate of drug-likeness (QED) is 0.118. The molecule has 0 spiro atoms. The van der Waals surface area contributed by atoms with E-state index in [0.29, 0.717) is 5.56 Å². The number of nitrogens with zero attached hydrogens (tertiary/aromatic N) is 1. The first-order valence-electron chi connectivity index (χ1n) is 17.3. The smallest absolute Gasteiger partial charge is 0.410 e. The van der Waals surface area contributed by atoms with Gasteiger partial charge in [0.05, 0.1) is 18.7 Å². The molecule has 0 aliphatic heterocycles. The van der Waals surface area contributed by atoms with Crippen LogP contribution in [0.4, 0.5) is 14.0 Å². The van der Waals surface area contributed by atoms with Crippen LogP contribution < -0.4 is 15.4 Å². The lowest BCUT2D eigenvalue weighted by molar-refractivity contribution is -0.121. The zero-order chi connectivity index (χ0) is 37.5. The van der Waals surface area contributed by atoms with Gasteiger partial charge in [-0.2, -0.15) is 0 Å². The molecule has 0 heterocycles. The summed E-state index contributed by atoms with van der Waals surface area (Å²) >= 11 is 0. The number of halogens is 1. The molecule has 52 heavy (non-hydrogen) atoms. The summed E-state index contributed by atoms with van der Waals surface area (Å²) in [6.45, 7) is 6.96. The first-order chi connectivity index (χ1) is 24.9. The van der Waals surface area contributed by atoms with Crippen LogP contribution in [0.5, 0.6) is 5.75 Å². The minimum Gasteiger partial charge on any atom is -0.489 e. The van der Waals surface area contributed by atoms with Gasteiger partial charge in [-0.3, -0.25) is 4.79 Å². The molecule has 0 fully saturated rings. The van der Waals surface area contributed by atoms with Crippen molar-refractivity contribution in [2.75, 3.05) is 13.1 Å². The molecular weight excluding hydrogens is 665 g/mol. The van der Waals surface area contributed by atoms with Crippen LogP contribution in [-0.4, -0.2) is 58.9 Å². The number of alkyl carbamates (subject to hydrolysis) is 1. The van der Waals surface area contributed by atoms with E-state index >= 15 is 0 Å². The number of aryl methyl sites for hydroxylation is 1. The van der Waals surface area contributed by atoms with Crippen molar-refractivity contribution < 1.29 is 38.1 Å². The van der Waals surface area contributed by atoms with Gasteiger partial charge in [0.2, 0.25) is 5.91 Å². The summed E-state index contributed by atoms with van der Waals surface area (Å²) < 4.78 is 31.6. The Balaban J connectivity index is 1.52. The molecule has 11 heteroatoms. The molecule has 0 saturated carbocycles. The van der Waals surface area contributed by atoms with E-state index in [0.717, 1.165) is 28.7 Å². The molecule has 4 aromatic carbocycles. The van der Waals surface area contributed by atoms with E-state index in [4.69, 9.17) is 14.2 Å². The van der Waals surface area contributed by atoms with Crippen LogP contribution in [0.3, 0.4) is 0 Å². The van der Waals surface area contributed by atoms with Gasteiger partial charge in [-0.1, -0.05) is 91.9 Å². The van der Waals surface area contributed by atoms with Crippen LogP contribution in [0.1, 0.15) is 55.5 Å². The van der Waals surface area contributed by atoms with Gasteiger partial charge in [-0.15, -0.1) is 0 Å². The second-order valence-corrected chi connectivity index (χ2v) is 13.5. The van der Waals surface area contributed by atoms with Crippen LogP contribution in [0.25, 0.3) is 0 Å². The lowest BCUT2D eigenvalue weighted by atomic mass is 9.99. The molecule has 4 aromatic rings. The Morgan fingerprint density at radius 2 is 1.44 bits per heavy atom. The monoisotopic (exact) mass is 713 g/mol. The van der Waals surface area contributed by atoms with Gasteiger partial charge in [0.25, 0.3) is 0 Å². The van der Waals surface area contributed by atoms with Crippen LogP contribution >= 0.6 is 0 Å². The number of benzene rings is 4. The summed E-state index contributed by atoms with van der Waals surface area (Å²) in [5, 5.41) is 16.9. The molecule has 0 radical (unpaired) electrons. The van der Waals surface area contributed by atoms with Gasteiger partial charge in [0, 0.05) is 12.6 Å². The van der Waals surface area contributed by atoms with Gasteiger partial charge in [-0.25, -0.2) is 14.0 Å². The van der Waals surface area contributed by atoms with Crippen LogP contribution in [0, 0.1) is 5.82 Å². The number of carbonyl (C=O) groups is 3. The zero-order valence-electron chi connectivity index (χ0n) is 30.1. The topological polar surface area (TPSA) is 126 Å². The first kappa shape index (κ1) is 39.4. The van der Waals surface area contributed by atoms with Crippen molar-refractivity contribution in [1.82, 2.24) is 15.5 Å². The summed E-state index contributed by atoms with van der Waals surface area (Å²) in [7, 11) is 0. The third-order valence-electron chi connectivity index (χ3n) is 7.88. The number of ether oxygens (including phenoxy) is 3. The SMILES string of the molecule is CCc1cccc(CN(CC(O)C(Cc2cc(F)cc(OCc3ccccc3)c2)NC(=O)CNC(=O)OCc2ccccc2)C(=O)OC(C)(C)C)c1. The maximum absolute atomic E-state index is 14.9. The van der Waals surface area contributed by atoms with Crippen molar-refractivity contribution in [2.24, 2.45) is 0 Å². The first-order valence-corrected chi connectivity index (χ1v) is 17.3. The molecule has 2 atom stereocenters. The Morgan fingerprint density at radius 1 is 0.808 bits per heavy atom. The predicted molar refractivity (Wildman–Crippen MR) is 196 cm³/mol. The Kier molecular flexibility index (Phi) is 14.6. The highest BCUT2D eigenvalue weighted by atomic mass is 19.1. The molecule has 3 amide bonds. The average Bonchev–Trinajstić information content (AvgIpc) is 3.11. The summed E-state index contributed by atoms with van der Waals surface area (Å²) in [6.07, 6.45) is -2.02. The van der Waals surface area contributed by atoms with Crippen molar-refractivity contribution >= 4 is 18.1 Å². The van der Waals surface area contributed by atoms with Crippen LogP contribution in [-0.2, 0) is 46.9 Å². The molecular formula is C41H48FN3O7. The van der Waals surface area contributed by atoms with Crippen LogP contribution in [0.2, 0.25) is 0 Å². The molecule has 0 aliphatic carbocycles. The number of aliphatic hydroxyl groups is 1. The van der Waals surface area contributed by atoms with E-state index in [1.807, 2.05) is 79.7 Å². The Bertz CT molecular complexity index is 1750. The normalized spacial score (nSPS) is 12.3. The molecule has 10 nitrogen and oxygen atoms in total. The fourth-order valence-corrected chi connectivity index (χ4v) is 5.34. The summed E-state index contributed by atoms with van der Waals surface area (Å²) in [4.78, 5) is 40.4. The summed E-state index contributed by atoms with van der Waals surface area (Å²) in [5.41, 5.74) is 3.22. The molecule has 2 unspecified atom stereocenters. The van der Waals surface area contributed by atoms with Crippen molar-refractivity contribution in [2.45, 2.75) is 78.0 Å². The molecule has 4 rings (SSSR count). The van der Waals surface area contributed by atoms with Gasteiger partial charge in [-0.05, 0) is 73.6 Å². The third kappa shape index (κ3) is 13.7. The second-order valence-electron chi connectivity index (χ2n) is 13.5. The van der Waals surface area contributed by atoms with Crippen molar-refractivity contribution in [3.63, 3.8) is 0 Å². The Hall–Kier alpha value is -5.42. The number of nitrogens with one attached hydrogen (secondary N) is 2. The molecule has 0 aliphatic rings. The van der Waals surface area contributed by atoms with Gasteiger partial charge >= 0.3 is 12.2 Å². The number of amides is 3. The van der Waals surface area contributed by atoms with Gasteiger partial charge < -0.3 is 34.9 Å². The predicted octanol–water partition coefficient (Wildman–Crippen LogP) is 6.72. The average molecular weight is 714 g/mol. The number of rotatable bonds is 16. The van der Waals surface area contributed by atoms with E-state index in [2.05, 4.69) is 10.6 Å². The van der Waals surface area contributed by atoms with E-state index in [9.17, 15) is 23.9 Å². The van der Waals surface area contributed by atoms with E-state index in [1.54, 1.807) is 39.0 Å². The lowest BCUT2D eigenvalue weighted by Gasteiger charge is -2.32. The van der Waals surface area contributed by atoms with Crippen molar-refractivity contribution in [3.05, 3.63) is 137 Å². The fraction of sp³-hybridized carbons (Fsp3) is 0.341. The van der Waals surface area contributed by atoms with E-state index < -0.39 is 48.2 Å².